The summed E-state index contributed by atoms with van der Waals surface area (Å²) in [4.78, 5) is 46.7. The lowest BCUT2D eigenvalue weighted by Gasteiger charge is -2.32. The third kappa shape index (κ3) is 6.12. The van der Waals surface area contributed by atoms with Crippen molar-refractivity contribution in [2.75, 3.05) is 25.2 Å². The number of halogens is 2. The van der Waals surface area contributed by atoms with Crippen molar-refractivity contribution < 1.29 is 23.2 Å². The average Bonchev–Trinajstić information content (AvgIpc) is 3.56. The normalized spacial score (nSPS) is 17.6. The van der Waals surface area contributed by atoms with E-state index in [1.54, 1.807) is 23.9 Å². The van der Waals surface area contributed by atoms with Crippen molar-refractivity contribution in [3.63, 3.8) is 0 Å². The van der Waals surface area contributed by atoms with E-state index in [4.69, 9.17) is 0 Å². The second kappa shape index (κ2) is 12.1. The summed E-state index contributed by atoms with van der Waals surface area (Å²) in [6.45, 7) is 3.85. The lowest BCUT2D eigenvalue weighted by molar-refractivity contribution is -0.136. The van der Waals surface area contributed by atoms with Crippen LogP contribution in [0.25, 0.3) is 10.9 Å². The van der Waals surface area contributed by atoms with Crippen LogP contribution in [0.2, 0.25) is 0 Å². The molecule has 1 aromatic heterocycles. The molecule has 0 aliphatic carbocycles. The highest BCUT2D eigenvalue weighted by molar-refractivity contribution is 7.98. The Kier molecular flexibility index (Phi) is 8.79. The summed E-state index contributed by atoms with van der Waals surface area (Å²) in [7, 11) is 1.47. The number of aromatic nitrogens is 1. The number of rotatable bonds is 8. The molecule has 3 aromatic rings. The number of aromatic amines is 1. The molecule has 0 spiro atoms. The number of hydrogen-bond acceptors (Lipinski definition) is 5. The number of carbonyl (C=O) groups excluding carboxylic acids is 3. The first-order chi connectivity index (χ1) is 19.0. The fourth-order valence-electron chi connectivity index (χ4n) is 4.98. The quantitative estimate of drug-likeness (QED) is 0.371. The van der Waals surface area contributed by atoms with Crippen molar-refractivity contribution in [2.45, 2.75) is 43.7 Å². The molecule has 4 rings (SSSR count). The number of nitrogens with zero attached hydrogens (tertiary/aromatic N) is 3. The predicted molar refractivity (Wildman–Crippen MR) is 150 cm³/mol. The molecule has 2 unspecified atom stereocenters. The lowest BCUT2D eigenvalue weighted by Crippen LogP contribution is -2.51. The zero-order valence-corrected chi connectivity index (χ0v) is 23.5. The number of thioether (sulfide) groups is 1. The van der Waals surface area contributed by atoms with Crippen LogP contribution in [-0.2, 0) is 9.59 Å². The van der Waals surface area contributed by atoms with Crippen LogP contribution < -0.4 is 5.32 Å². The second-order valence-electron chi connectivity index (χ2n) is 10.4. The number of fused-ring (bicyclic) bond motifs is 1. The fraction of sp³-hybridized carbons (Fsp3) is 0.379. The minimum atomic E-state index is -0.933. The van der Waals surface area contributed by atoms with Crippen molar-refractivity contribution in [3.8, 4) is 6.07 Å². The van der Waals surface area contributed by atoms with E-state index in [9.17, 15) is 28.4 Å². The Bertz CT molecular complexity index is 1470. The number of likely N-dealkylation sites (tertiary alicyclic amines) is 1. The molecule has 1 aliphatic rings. The zero-order valence-electron chi connectivity index (χ0n) is 22.7. The van der Waals surface area contributed by atoms with E-state index < -0.39 is 41.5 Å². The third-order valence-corrected chi connectivity index (χ3v) is 7.86. The van der Waals surface area contributed by atoms with Crippen molar-refractivity contribution in [3.05, 3.63) is 59.8 Å². The molecule has 1 aliphatic heterocycles. The number of carbonyl (C=O) groups is 3. The predicted octanol–water partition coefficient (Wildman–Crippen LogP) is 5.03. The summed E-state index contributed by atoms with van der Waals surface area (Å²) in [5.41, 5.74) is 0.757. The van der Waals surface area contributed by atoms with Gasteiger partial charge in [-0.25, -0.2) is 8.78 Å². The molecule has 40 heavy (non-hydrogen) atoms. The Morgan fingerprint density at radius 2 is 1.90 bits per heavy atom. The van der Waals surface area contributed by atoms with E-state index in [1.165, 1.54) is 22.9 Å². The largest absolute Gasteiger partial charge is 0.350 e. The molecule has 2 N–H and O–H groups in total. The molecule has 0 radical (unpaired) electrons. The Morgan fingerprint density at radius 3 is 2.52 bits per heavy atom. The Balaban J connectivity index is 1.53. The molecule has 8 nitrogen and oxygen atoms in total. The summed E-state index contributed by atoms with van der Waals surface area (Å²) < 4.78 is 27.9. The van der Waals surface area contributed by atoms with Gasteiger partial charge >= 0.3 is 0 Å². The topological polar surface area (TPSA) is 109 Å². The maximum Gasteiger partial charge on any atom is 0.270 e. The molecule has 3 amide bonds. The van der Waals surface area contributed by atoms with Crippen LogP contribution in [0.3, 0.4) is 0 Å². The summed E-state index contributed by atoms with van der Waals surface area (Å²) in [5.74, 6) is -3.47. The maximum atomic E-state index is 14.2. The van der Waals surface area contributed by atoms with Crippen LogP contribution in [0.5, 0.6) is 0 Å². The summed E-state index contributed by atoms with van der Waals surface area (Å²) in [6.07, 6.45) is 2.44. The van der Waals surface area contributed by atoms with Crippen LogP contribution in [-0.4, -0.2) is 64.4 Å². The van der Waals surface area contributed by atoms with Gasteiger partial charge < -0.3 is 20.1 Å². The molecule has 2 aromatic carbocycles. The van der Waals surface area contributed by atoms with E-state index in [0.717, 1.165) is 17.0 Å². The van der Waals surface area contributed by atoms with Gasteiger partial charge in [-0.05, 0) is 61.4 Å². The molecular formula is C29H31F2N5O3S. The summed E-state index contributed by atoms with van der Waals surface area (Å²) in [5, 5.41) is 12.7. The van der Waals surface area contributed by atoms with Gasteiger partial charge in [0.15, 0.2) is 0 Å². The molecule has 0 saturated carbocycles. The number of anilines is 1. The monoisotopic (exact) mass is 567 g/mol. The number of hydrogen-bond donors (Lipinski definition) is 2. The van der Waals surface area contributed by atoms with Gasteiger partial charge in [-0.3, -0.25) is 14.4 Å². The minimum Gasteiger partial charge on any atom is -0.350 e. The number of H-pyrrole nitrogens is 1. The van der Waals surface area contributed by atoms with Gasteiger partial charge in [0, 0.05) is 35.6 Å². The Labute approximate surface area is 235 Å². The highest BCUT2D eigenvalue weighted by Gasteiger charge is 2.42. The fourth-order valence-corrected chi connectivity index (χ4v) is 5.39. The molecule has 2 heterocycles. The van der Waals surface area contributed by atoms with E-state index in [2.05, 4.69) is 16.4 Å². The SMILES string of the molecule is CSc1ccc(NC(=O)C2CC(C#N)N(C(=O)[C@H](CC(C)C)N(C)C(=O)c3cc4c(F)cc(F)cc4[nH]3)C2)cc1. The van der Waals surface area contributed by atoms with E-state index in [-0.39, 0.29) is 41.4 Å². The van der Waals surface area contributed by atoms with Crippen LogP contribution in [0, 0.1) is 34.8 Å². The molecule has 210 valence electrons. The smallest absolute Gasteiger partial charge is 0.270 e. The van der Waals surface area contributed by atoms with Gasteiger partial charge in [-0.15, -0.1) is 11.8 Å². The Morgan fingerprint density at radius 1 is 1.20 bits per heavy atom. The number of benzene rings is 2. The van der Waals surface area contributed by atoms with Crippen LogP contribution >= 0.6 is 11.8 Å². The van der Waals surface area contributed by atoms with Gasteiger partial charge in [-0.1, -0.05) is 13.8 Å². The van der Waals surface area contributed by atoms with Crippen molar-refractivity contribution in [2.24, 2.45) is 11.8 Å². The van der Waals surface area contributed by atoms with Crippen molar-refractivity contribution >= 4 is 46.1 Å². The van der Waals surface area contributed by atoms with Crippen LogP contribution in [0.4, 0.5) is 14.5 Å². The van der Waals surface area contributed by atoms with E-state index in [0.29, 0.717) is 12.1 Å². The second-order valence-corrected chi connectivity index (χ2v) is 11.3. The highest BCUT2D eigenvalue weighted by Crippen LogP contribution is 2.29. The highest BCUT2D eigenvalue weighted by atomic mass is 32.2. The van der Waals surface area contributed by atoms with Crippen LogP contribution in [0.1, 0.15) is 37.2 Å². The van der Waals surface area contributed by atoms with E-state index >= 15 is 0 Å². The van der Waals surface area contributed by atoms with E-state index in [1.807, 2.05) is 32.2 Å². The molecule has 1 saturated heterocycles. The summed E-state index contributed by atoms with van der Waals surface area (Å²) in [6, 6.07) is 10.9. The number of likely N-dealkylation sites (N-methyl/N-ethyl adjacent to an activating group) is 1. The molecular weight excluding hydrogens is 536 g/mol. The molecule has 11 heteroatoms. The standard InChI is InChI=1S/C29H31F2N5O3S/c1-16(2)9-26(35(3)28(38)25-13-22-23(31)11-18(30)12-24(22)34-25)29(39)36-15-17(10-20(36)14-32)27(37)33-19-5-7-21(40-4)8-6-19/h5-8,11-13,16-17,20,26,34H,9-10,15H2,1-4H3,(H,33,37)/t17?,20?,26-/m0/s1. The van der Waals surface area contributed by atoms with Gasteiger partial charge in [-0.2, -0.15) is 5.26 Å². The number of amides is 3. The summed E-state index contributed by atoms with van der Waals surface area (Å²) >= 11 is 1.59. The average molecular weight is 568 g/mol. The first kappa shape index (κ1) is 29.1. The molecule has 0 bridgehead atoms. The van der Waals surface area contributed by atoms with Gasteiger partial charge in [0.05, 0.1) is 17.5 Å². The van der Waals surface area contributed by atoms with Crippen molar-refractivity contribution in [1.82, 2.24) is 14.8 Å². The van der Waals surface area contributed by atoms with Gasteiger partial charge in [0.25, 0.3) is 5.91 Å². The molecule has 1 fully saturated rings. The number of nitriles is 1. The zero-order chi connectivity index (χ0) is 29.1. The minimum absolute atomic E-state index is 0.00607. The number of nitrogens with one attached hydrogen (secondary N) is 2. The maximum absolute atomic E-state index is 14.2. The van der Waals surface area contributed by atoms with Gasteiger partial charge in [0.1, 0.15) is 29.4 Å². The Hall–Kier alpha value is -3.91. The molecule has 3 atom stereocenters. The van der Waals surface area contributed by atoms with Crippen molar-refractivity contribution in [1.29, 1.82) is 5.26 Å². The van der Waals surface area contributed by atoms with Crippen LogP contribution in [0.15, 0.2) is 47.4 Å². The lowest BCUT2D eigenvalue weighted by atomic mass is 10.0. The third-order valence-electron chi connectivity index (χ3n) is 7.11. The van der Waals surface area contributed by atoms with Gasteiger partial charge in [0.2, 0.25) is 11.8 Å². The first-order valence-electron chi connectivity index (χ1n) is 12.9. The first-order valence-corrected chi connectivity index (χ1v) is 14.1.